The van der Waals surface area contributed by atoms with Gasteiger partial charge in [-0.05, 0) is 32.4 Å². The fourth-order valence-electron chi connectivity index (χ4n) is 2.00. The van der Waals surface area contributed by atoms with Gasteiger partial charge in [-0.3, -0.25) is 0 Å². The topological polar surface area (TPSA) is 74.9 Å². The first kappa shape index (κ1) is 12.8. The molecule has 4 N–H and O–H groups in total. The second-order valence-electron chi connectivity index (χ2n) is 4.70. The predicted molar refractivity (Wildman–Crippen MR) is 72.2 cm³/mol. The van der Waals surface area contributed by atoms with Gasteiger partial charge in [0.25, 0.3) is 0 Å². The summed E-state index contributed by atoms with van der Waals surface area (Å²) < 4.78 is 0. The van der Waals surface area contributed by atoms with Gasteiger partial charge in [-0.25, -0.2) is 4.98 Å². The van der Waals surface area contributed by atoms with Crippen molar-refractivity contribution in [1.29, 1.82) is 0 Å². The number of nitrogens with one attached hydrogen (secondary N) is 1. The highest BCUT2D eigenvalue weighted by molar-refractivity contribution is 5.66. The van der Waals surface area contributed by atoms with Crippen molar-refractivity contribution in [1.82, 2.24) is 9.97 Å². The van der Waals surface area contributed by atoms with Gasteiger partial charge in [0.2, 0.25) is 0 Å². The van der Waals surface area contributed by atoms with Crippen molar-refractivity contribution < 1.29 is 5.11 Å². The minimum absolute atomic E-state index is 0.112. The highest BCUT2D eigenvalue weighted by Crippen LogP contribution is 2.26. The van der Waals surface area contributed by atoms with Crippen LogP contribution in [-0.4, -0.2) is 21.7 Å². The van der Waals surface area contributed by atoms with Crippen LogP contribution in [0.2, 0.25) is 0 Å². The number of hydrogen-bond donors (Lipinski definition) is 3. The van der Waals surface area contributed by atoms with Crippen LogP contribution in [0.4, 0.5) is 0 Å². The Morgan fingerprint density at radius 3 is 2.72 bits per heavy atom. The monoisotopic (exact) mass is 245 g/mol. The minimum atomic E-state index is -0.456. The maximum absolute atomic E-state index is 9.07. The number of H-pyrrole nitrogens is 1. The van der Waals surface area contributed by atoms with Crippen LogP contribution in [0.1, 0.15) is 28.7 Å². The van der Waals surface area contributed by atoms with Crippen molar-refractivity contribution in [2.45, 2.75) is 26.8 Å². The first-order chi connectivity index (χ1) is 8.52. The molecule has 96 valence electrons. The first-order valence-electron chi connectivity index (χ1n) is 6.03. The van der Waals surface area contributed by atoms with Gasteiger partial charge in [0.05, 0.1) is 18.3 Å². The molecule has 0 fully saturated rings. The van der Waals surface area contributed by atoms with Crippen LogP contribution in [0, 0.1) is 20.8 Å². The molecule has 0 saturated carbocycles. The maximum Gasteiger partial charge on any atom is 0.126 e. The van der Waals surface area contributed by atoms with Gasteiger partial charge in [-0.15, -0.1) is 0 Å². The summed E-state index contributed by atoms with van der Waals surface area (Å²) in [5, 5.41) is 9.07. The first-order valence-corrected chi connectivity index (χ1v) is 6.03. The van der Waals surface area contributed by atoms with E-state index in [4.69, 9.17) is 10.8 Å². The molecule has 1 aromatic heterocycles. The van der Waals surface area contributed by atoms with Crippen molar-refractivity contribution in [2.24, 2.45) is 5.73 Å². The molecule has 0 bridgehead atoms. The number of imidazole rings is 1. The molecule has 2 aromatic rings. The number of aliphatic hydroxyl groups is 1. The van der Waals surface area contributed by atoms with Crippen LogP contribution < -0.4 is 5.73 Å². The zero-order chi connectivity index (χ0) is 13.3. The zero-order valence-corrected chi connectivity index (χ0v) is 11.0. The van der Waals surface area contributed by atoms with Crippen molar-refractivity contribution in [3.8, 4) is 11.3 Å². The van der Waals surface area contributed by atoms with Crippen LogP contribution in [0.25, 0.3) is 11.3 Å². The lowest BCUT2D eigenvalue weighted by atomic mass is 10.0. The molecule has 18 heavy (non-hydrogen) atoms. The molecule has 2 rings (SSSR count). The van der Waals surface area contributed by atoms with E-state index in [-0.39, 0.29) is 6.61 Å². The molecule has 0 aliphatic heterocycles. The summed E-state index contributed by atoms with van der Waals surface area (Å²) >= 11 is 0. The number of aryl methyl sites for hydroxylation is 3. The van der Waals surface area contributed by atoms with E-state index in [2.05, 4.69) is 42.0 Å². The van der Waals surface area contributed by atoms with Gasteiger partial charge >= 0.3 is 0 Å². The lowest BCUT2D eigenvalue weighted by Crippen LogP contribution is -2.16. The van der Waals surface area contributed by atoms with Crippen molar-refractivity contribution >= 4 is 0 Å². The summed E-state index contributed by atoms with van der Waals surface area (Å²) in [7, 11) is 0. The number of nitrogens with two attached hydrogens (primary N) is 1. The zero-order valence-electron chi connectivity index (χ0n) is 11.0. The molecule has 0 radical (unpaired) electrons. The lowest BCUT2D eigenvalue weighted by molar-refractivity contribution is 0.264. The lowest BCUT2D eigenvalue weighted by Gasteiger charge is -2.05. The number of aliphatic hydroxyl groups excluding tert-OH is 1. The van der Waals surface area contributed by atoms with Crippen molar-refractivity contribution in [2.75, 3.05) is 6.61 Å². The van der Waals surface area contributed by atoms with E-state index in [9.17, 15) is 0 Å². The Kier molecular flexibility index (Phi) is 3.50. The molecular weight excluding hydrogens is 226 g/mol. The maximum atomic E-state index is 9.07. The molecule has 4 heteroatoms. The molecule has 1 atom stereocenters. The average molecular weight is 245 g/mol. The molecule has 1 aromatic carbocycles. The van der Waals surface area contributed by atoms with Gasteiger partial charge in [-0.2, -0.15) is 0 Å². The third kappa shape index (κ3) is 2.30. The summed E-state index contributed by atoms with van der Waals surface area (Å²) in [5.41, 5.74) is 11.2. The molecule has 1 unspecified atom stereocenters. The fourth-order valence-corrected chi connectivity index (χ4v) is 2.00. The van der Waals surface area contributed by atoms with E-state index in [0.29, 0.717) is 5.82 Å². The number of hydrogen-bond acceptors (Lipinski definition) is 3. The van der Waals surface area contributed by atoms with Crippen LogP contribution in [0.15, 0.2) is 18.2 Å². The minimum Gasteiger partial charge on any atom is -0.394 e. The van der Waals surface area contributed by atoms with Crippen LogP contribution in [0.5, 0.6) is 0 Å². The molecule has 0 aliphatic carbocycles. The average Bonchev–Trinajstić information content (AvgIpc) is 2.73. The highest BCUT2D eigenvalue weighted by atomic mass is 16.3. The van der Waals surface area contributed by atoms with E-state index < -0.39 is 6.04 Å². The van der Waals surface area contributed by atoms with E-state index in [1.165, 1.54) is 11.1 Å². The van der Waals surface area contributed by atoms with Gasteiger partial charge in [0, 0.05) is 11.3 Å². The Balaban J connectivity index is 2.50. The second kappa shape index (κ2) is 4.92. The quantitative estimate of drug-likeness (QED) is 0.774. The largest absolute Gasteiger partial charge is 0.394 e. The van der Waals surface area contributed by atoms with E-state index in [1.807, 2.05) is 6.92 Å². The Bertz CT molecular complexity index is 560. The normalized spacial score (nSPS) is 12.7. The van der Waals surface area contributed by atoms with E-state index >= 15 is 0 Å². The standard InChI is InChI=1S/C14H19N3O/c1-8-4-5-9(2)11(6-8)13-10(3)16-14(17-13)12(15)7-18/h4-6,12,18H,7,15H2,1-3H3,(H,16,17). The third-order valence-electron chi connectivity index (χ3n) is 3.10. The summed E-state index contributed by atoms with van der Waals surface area (Å²) in [4.78, 5) is 7.66. The van der Waals surface area contributed by atoms with Gasteiger partial charge in [0.15, 0.2) is 0 Å². The fraction of sp³-hybridized carbons (Fsp3) is 0.357. The summed E-state index contributed by atoms with van der Waals surface area (Å²) in [6.45, 7) is 5.98. The van der Waals surface area contributed by atoms with Gasteiger partial charge in [-0.1, -0.05) is 17.7 Å². The van der Waals surface area contributed by atoms with Crippen molar-refractivity contribution in [3.63, 3.8) is 0 Å². The van der Waals surface area contributed by atoms with Crippen LogP contribution in [0.3, 0.4) is 0 Å². The molecule has 4 nitrogen and oxygen atoms in total. The number of rotatable bonds is 3. The van der Waals surface area contributed by atoms with E-state index in [0.717, 1.165) is 17.0 Å². The highest BCUT2D eigenvalue weighted by Gasteiger charge is 2.15. The number of benzene rings is 1. The SMILES string of the molecule is Cc1ccc(C)c(-c2nc(C(N)CO)[nH]c2C)c1. The number of nitrogens with zero attached hydrogens (tertiary/aromatic N) is 1. The van der Waals surface area contributed by atoms with Crippen LogP contribution >= 0.6 is 0 Å². The van der Waals surface area contributed by atoms with Gasteiger partial charge < -0.3 is 15.8 Å². The molecule has 0 amide bonds. The number of aromatic amines is 1. The predicted octanol–water partition coefficient (Wildman–Crippen LogP) is 1.99. The third-order valence-corrected chi connectivity index (χ3v) is 3.10. The molecular formula is C14H19N3O. The second-order valence-corrected chi connectivity index (χ2v) is 4.70. The smallest absolute Gasteiger partial charge is 0.126 e. The Morgan fingerprint density at radius 2 is 2.06 bits per heavy atom. The summed E-state index contributed by atoms with van der Waals surface area (Å²) in [6.07, 6.45) is 0. The molecule has 0 saturated heterocycles. The molecule has 1 heterocycles. The molecule has 0 aliphatic rings. The number of aromatic nitrogens is 2. The Morgan fingerprint density at radius 1 is 1.33 bits per heavy atom. The Labute approximate surface area is 107 Å². The van der Waals surface area contributed by atoms with Crippen LogP contribution in [-0.2, 0) is 0 Å². The van der Waals surface area contributed by atoms with E-state index in [1.54, 1.807) is 0 Å². The van der Waals surface area contributed by atoms with Crippen molar-refractivity contribution in [3.05, 3.63) is 40.8 Å². The summed E-state index contributed by atoms with van der Waals surface area (Å²) in [5.74, 6) is 0.630. The van der Waals surface area contributed by atoms with Gasteiger partial charge in [0.1, 0.15) is 5.82 Å². The Hall–Kier alpha value is -1.65. The molecule has 0 spiro atoms. The summed E-state index contributed by atoms with van der Waals surface area (Å²) in [6, 6.07) is 5.83.